The smallest absolute Gasteiger partial charge is 0.260 e. The maximum Gasteiger partial charge on any atom is 0.260 e. The molecule has 0 saturated heterocycles. The van der Waals surface area contributed by atoms with Gasteiger partial charge in [-0.2, -0.15) is 5.10 Å². The van der Waals surface area contributed by atoms with Crippen LogP contribution in [0, 0.1) is 6.92 Å². The van der Waals surface area contributed by atoms with E-state index in [0.29, 0.717) is 40.6 Å². The third-order valence-corrected chi connectivity index (χ3v) is 5.26. The molecule has 156 valence electrons. The number of rotatable bonds is 7. The Labute approximate surface area is 185 Å². The molecule has 1 aromatic heterocycles. The Balaban J connectivity index is 1.73. The quantitative estimate of drug-likeness (QED) is 0.541. The third-order valence-electron chi connectivity index (χ3n) is 4.51. The number of hydrogen-bond acceptors (Lipinski definition) is 3. The van der Waals surface area contributed by atoms with Gasteiger partial charge in [0.05, 0.1) is 17.8 Å². The van der Waals surface area contributed by atoms with Crippen LogP contribution in [0.1, 0.15) is 45.3 Å². The summed E-state index contributed by atoms with van der Waals surface area (Å²) in [6.45, 7) is 4.69. The van der Waals surface area contributed by atoms with Gasteiger partial charge < -0.3 is 10.6 Å². The zero-order valence-electron chi connectivity index (χ0n) is 16.7. The molecule has 0 fully saturated rings. The normalized spacial score (nSPS) is 10.7. The molecule has 3 aromatic rings. The van der Waals surface area contributed by atoms with Gasteiger partial charge in [0.1, 0.15) is 5.15 Å². The maximum atomic E-state index is 12.8. The second kappa shape index (κ2) is 9.78. The molecule has 30 heavy (non-hydrogen) atoms. The van der Waals surface area contributed by atoms with Crippen molar-refractivity contribution in [2.75, 3.05) is 11.9 Å². The molecule has 2 aromatic carbocycles. The van der Waals surface area contributed by atoms with Gasteiger partial charge in [-0.3, -0.25) is 9.59 Å². The summed E-state index contributed by atoms with van der Waals surface area (Å²) in [5.41, 5.74) is 2.76. The molecule has 3 rings (SSSR count). The van der Waals surface area contributed by atoms with Crippen LogP contribution in [0.3, 0.4) is 0 Å². The third kappa shape index (κ3) is 5.01. The molecule has 6 nitrogen and oxygen atoms in total. The summed E-state index contributed by atoms with van der Waals surface area (Å²) >= 11 is 12.7. The first-order valence-corrected chi connectivity index (χ1v) is 10.3. The first kappa shape index (κ1) is 21.9. The monoisotopic (exact) mass is 444 g/mol. The number of carbonyl (C=O) groups excluding carboxylic acids is 2. The van der Waals surface area contributed by atoms with Gasteiger partial charge in [-0.15, -0.1) is 0 Å². The summed E-state index contributed by atoms with van der Waals surface area (Å²) in [4.78, 5) is 24.8. The number of halogens is 2. The van der Waals surface area contributed by atoms with Crippen molar-refractivity contribution in [2.24, 2.45) is 0 Å². The summed E-state index contributed by atoms with van der Waals surface area (Å²) in [5.74, 6) is -0.513. The number of nitrogens with zero attached hydrogens (tertiary/aromatic N) is 2. The summed E-state index contributed by atoms with van der Waals surface area (Å²) < 4.78 is 1.55. The van der Waals surface area contributed by atoms with E-state index < -0.39 is 0 Å². The SMILES string of the molecule is CCCNC(=O)c1ccc(NC(=O)c2c(C)nn(Cc3ccccc3Cl)c2Cl)cc1. The van der Waals surface area contributed by atoms with E-state index in [2.05, 4.69) is 15.7 Å². The van der Waals surface area contributed by atoms with Crippen LogP contribution >= 0.6 is 23.2 Å². The Morgan fingerprint density at radius 3 is 2.40 bits per heavy atom. The predicted octanol–water partition coefficient (Wildman–Crippen LogP) is 4.94. The molecule has 8 heteroatoms. The van der Waals surface area contributed by atoms with Crippen LogP contribution in [0.2, 0.25) is 10.2 Å². The first-order chi connectivity index (χ1) is 14.4. The van der Waals surface area contributed by atoms with Gasteiger partial charge in [0.15, 0.2) is 0 Å². The number of nitrogens with one attached hydrogen (secondary N) is 2. The van der Waals surface area contributed by atoms with Crippen LogP contribution in [-0.4, -0.2) is 28.1 Å². The van der Waals surface area contributed by atoms with E-state index in [1.807, 2.05) is 25.1 Å². The highest BCUT2D eigenvalue weighted by Gasteiger charge is 2.21. The van der Waals surface area contributed by atoms with Crippen molar-refractivity contribution >= 4 is 40.7 Å². The number of aryl methyl sites for hydroxylation is 1. The largest absolute Gasteiger partial charge is 0.352 e. The average molecular weight is 445 g/mol. The molecule has 1 heterocycles. The van der Waals surface area contributed by atoms with E-state index in [0.717, 1.165) is 12.0 Å². The van der Waals surface area contributed by atoms with E-state index in [1.165, 1.54) is 0 Å². The lowest BCUT2D eigenvalue weighted by Crippen LogP contribution is -2.23. The van der Waals surface area contributed by atoms with Crippen molar-refractivity contribution < 1.29 is 9.59 Å². The number of aromatic nitrogens is 2. The number of amides is 2. The molecule has 0 aliphatic heterocycles. The first-order valence-electron chi connectivity index (χ1n) is 9.56. The second-order valence-electron chi connectivity index (χ2n) is 6.79. The van der Waals surface area contributed by atoms with Crippen LogP contribution < -0.4 is 10.6 Å². The van der Waals surface area contributed by atoms with Gasteiger partial charge in [-0.25, -0.2) is 4.68 Å². The molecule has 0 saturated carbocycles. The van der Waals surface area contributed by atoms with E-state index in [9.17, 15) is 9.59 Å². The highest BCUT2D eigenvalue weighted by atomic mass is 35.5. The lowest BCUT2D eigenvalue weighted by Gasteiger charge is -2.08. The van der Waals surface area contributed by atoms with Crippen LogP contribution in [0.4, 0.5) is 5.69 Å². The minimum absolute atomic E-state index is 0.144. The zero-order chi connectivity index (χ0) is 21.7. The molecular weight excluding hydrogens is 423 g/mol. The summed E-state index contributed by atoms with van der Waals surface area (Å²) in [7, 11) is 0. The molecule has 0 bridgehead atoms. The molecule has 2 amide bonds. The molecule has 0 atom stereocenters. The molecule has 0 unspecified atom stereocenters. The Morgan fingerprint density at radius 2 is 1.73 bits per heavy atom. The van der Waals surface area contributed by atoms with Crippen molar-refractivity contribution in [2.45, 2.75) is 26.8 Å². The topological polar surface area (TPSA) is 76.0 Å². The van der Waals surface area contributed by atoms with Gasteiger partial charge in [0, 0.05) is 22.8 Å². The fourth-order valence-electron chi connectivity index (χ4n) is 2.94. The molecule has 2 N–H and O–H groups in total. The highest BCUT2D eigenvalue weighted by molar-refractivity contribution is 6.34. The minimum atomic E-state index is -0.369. The van der Waals surface area contributed by atoms with Gasteiger partial charge in [0.25, 0.3) is 11.8 Å². The molecule has 0 spiro atoms. The van der Waals surface area contributed by atoms with Gasteiger partial charge in [-0.05, 0) is 49.2 Å². The van der Waals surface area contributed by atoms with Crippen LogP contribution in [-0.2, 0) is 6.54 Å². The van der Waals surface area contributed by atoms with Crippen molar-refractivity contribution in [3.05, 3.63) is 81.1 Å². The Hall–Kier alpha value is -2.83. The van der Waals surface area contributed by atoms with Crippen LogP contribution in [0.5, 0.6) is 0 Å². The fraction of sp³-hybridized carbons (Fsp3) is 0.227. The van der Waals surface area contributed by atoms with E-state index >= 15 is 0 Å². The number of hydrogen-bond donors (Lipinski definition) is 2. The lowest BCUT2D eigenvalue weighted by molar-refractivity contribution is 0.0953. The van der Waals surface area contributed by atoms with E-state index in [-0.39, 0.29) is 17.0 Å². The molecule has 0 aliphatic rings. The zero-order valence-corrected chi connectivity index (χ0v) is 18.2. The van der Waals surface area contributed by atoms with Crippen molar-refractivity contribution in [3.8, 4) is 0 Å². The fourth-order valence-corrected chi connectivity index (χ4v) is 3.46. The van der Waals surface area contributed by atoms with Gasteiger partial charge in [-0.1, -0.05) is 48.3 Å². The molecule has 0 radical (unpaired) electrons. The standard InChI is InChI=1S/C22H22Cl2N4O2/c1-3-12-25-21(29)15-8-10-17(11-9-15)26-22(30)19-14(2)27-28(20(19)24)13-16-6-4-5-7-18(16)23/h4-11H,3,12-13H2,1-2H3,(H,25,29)(H,26,30). The van der Waals surface area contributed by atoms with Gasteiger partial charge >= 0.3 is 0 Å². The van der Waals surface area contributed by atoms with Crippen molar-refractivity contribution in [1.82, 2.24) is 15.1 Å². The Kier molecular flexibility index (Phi) is 7.13. The lowest BCUT2D eigenvalue weighted by atomic mass is 10.2. The number of anilines is 1. The Morgan fingerprint density at radius 1 is 1.03 bits per heavy atom. The van der Waals surface area contributed by atoms with Gasteiger partial charge in [0.2, 0.25) is 0 Å². The summed E-state index contributed by atoms with van der Waals surface area (Å²) in [5, 5.41) is 10.8. The number of carbonyl (C=O) groups is 2. The summed E-state index contributed by atoms with van der Waals surface area (Å²) in [6, 6.07) is 14.1. The molecular formula is C22H22Cl2N4O2. The Bertz CT molecular complexity index is 1060. The van der Waals surface area contributed by atoms with E-state index in [4.69, 9.17) is 23.2 Å². The minimum Gasteiger partial charge on any atom is -0.352 e. The van der Waals surface area contributed by atoms with Crippen molar-refractivity contribution in [3.63, 3.8) is 0 Å². The second-order valence-corrected chi connectivity index (χ2v) is 7.55. The number of benzene rings is 2. The maximum absolute atomic E-state index is 12.8. The van der Waals surface area contributed by atoms with Crippen molar-refractivity contribution in [1.29, 1.82) is 0 Å². The van der Waals surface area contributed by atoms with Crippen LogP contribution in [0.15, 0.2) is 48.5 Å². The van der Waals surface area contributed by atoms with Crippen LogP contribution in [0.25, 0.3) is 0 Å². The highest BCUT2D eigenvalue weighted by Crippen LogP contribution is 2.24. The van der Waals surface area contributed by atoms with E-state index in [1.54, 1.807) is 41.9 Å². The summed E-state index contributed by atoms with van der Waals surface area (Å²) in [6.07, 6.45) is 0.865. The molecule has 0 aliphatic carbocycles. The predicted molar refractivity (Wildman–Crippen MR) is 120 cm³/mol. The average Bonchev–Trinajstić information content (AvgIpc) is 3.01.